The molecular formula is C17H28ClN3O2. The molecule has 0 aliphatic rings. The Bertz CT molecular complexity index is 520. The standard InChI is InChI=1S/C17H27N3O2.ClH/c1-6-20(7-2)16(22)12-8-10-13(11-9-12)19-15(21)14(18)17(3,4)5;/h8-11,14H,6-7,18H2,1-5H3,(H,19,21);1H/t14-;/m1./s1. The van der Waals surface area contributed by atoms with Crippen LogP contribution in [0, 0.1) is 5.41 Å². The fraction of sp³-hybridized carbons (Fsp3) is 0.529. The molecule has 0 bridgehead atoms. The molecule has 0 heterocycles. The lowest BCUT2D eigenvalue weighted by molar-refractivity contribution is -0.119. The van der Waals surface area contributed by atoms with E-state index >= 15 is 0 Å². The van der Waals surface area contributed by atoms with Gasteiger partial charge >= 0.3 is 0 Å². The van der Waals surface area contributed by atoms with Gasteiger partial charge in [-0.25, -0.2) is 0 Å². The van der Waals surface area contributed by atoms with Gasteiger partial charge in [-0.2, -0.15) is 0 Å². The molecule has 0 unspecified atom stereocenters. The number of carbonyl (C=O) groups is 2. The Morgan fingerprint density at radius 3 is 2.00 bits per heavy atom. The van der Waals surface area contributed by atoms with Crippen LogP contribution in [0.25, 0.3) is 0 Å². The molecule has 0 fully saturated rings. The lowest BCUT2D eigenvalue weighted by Gasteiger charge is -2.25. The number of hydrogen-bond donors (Lipinski definition) is 2. The third-order valence-corrected chi connectivity index (χ3v) is 3.67. The van der Waals surface area contributed by atoms with Crippen LogP contribution in [0.3, 0.4) is 0 Å². The van der Waals surface area contributed by atoms with E-state index in [-0.39, 0.29) is 29.6 Å². The number of benzene rings is 1. The zero-order valence-electron chi connectivity index (χ0n) is 14.6. The molecule has 23 heavy (non-hydrogen) atoms. The van der Waals surface area contributed by atoms with Gasteiger partial charge in [-0.3, -0.25) is 9.59 Å². The van der Waals surface area contributed by atoms with E-state index in [0.29, 0.717) is 24.3 Å². The number of rotatable bonds is 5. The number of nitrogens with one attached hydrogen (secondary N) is 1. The maximum absolute atomic E-state index is 12.2. The number of hydrogen-bond acceptors (Lipinski definition) is 3. The van der Waals surface area contributed by atoms with Gasteiger partial charge in [0, 0.05) is 24.3 Å². The van der Waals surface area contributed by atoms with Crippen molar-refractivity contribution in [2.75, 3.05) is 18.4 Å². The molecule has 1 aromatic rings. The second-order valence-electron chi connectivity index (χ2n) is 6.39. The molecule has 2 amide bonds. The van der Waals surface area contributed by atoms with E-state index in [4.69, 9.17) is 5.73 Å². The van der Waals surface area contributed by atoms with Crippen molar-refractivity contribution in [3.05, 3.63) is 29.8 Å². The number of anilines is 1. The van der Waals surface area contributed by atoms with Crippen molar-refractivity contribution in [3.8, 4) is 0 Å². The van der Waals surface area contributed by atoms with Crippen molar-refractivity contribution in [2.45, 2.75) is 40.7 Å². The van der Waals surface area contributed by atoms with Gasteiger partial charge in [0.2, 0.25) is 5.91 Å². The van der Waals surface area contributed by atoms with Gasteiger partial charge in [0.25, 0.3) is 5.91 Å². The molecule has 0 aliphatic carbocycles. The Morgan fingerprint density at radius 2 is 1.61 bits per heavy atom. The van der Waals surface area contributed by atoms with Gasteiger partial charge in [0.1, 0.15) is 0 Å². The van der Waals surface area contributed by atoms with Crippen molar-refractivity contribution in [3.63, 3.8) is 0 Å². The topological polar surface area (TPSA) is 75.4 Å². The molecule has 1 aromatic carbocycles. The zero-order chi connectivity index (χ0) is 16.9. The normalized spacial score (nSPS) is 12.1. The predicted molar refractivity (Wildman–Crippen MR) is 97.0 cm³/mol. The summed E-state index contributed by atoms with van der Waals surface area (Å²) in [4.78, 5) is 26.0. The molecule has 1 atom stereocenters. The van der Waals surface area contributed by atoms with Crippen LogP contribution in [0.1, 0.15) is 45.0 Å². The minimum atomic E-state index is -0.593. The highest BCUT2D eigenvalue weighted by molar-refractivity contribution is 5.97. The monoisotopic (exact) mass is 341 g/mol. The maximum Gasteiger partial charge on any atom is 0.253 e. The summed E-state index contributed by atoms with van der Waals surface area (Å²) in [6.45, 7) is 11.0. The van der Waals surface area contributed by atoms with Gasteiger partial charge in [0.05, 0.1) is 6.04 Å². The van der Waals surface area contributed by atoms with E-state index in [9.17, 15) is 9.59 Å². The summed E-state index contributed by atoms with van der Waals surface area (Å²) in [5.41, 5.74) is 6.87. The number of nitrogens with zero attached hydrogens (tertiary/aromatic N) is 1. The molecule has 130 valence electrons. The van der Waals surface area contributed by atoms with E-state index in [1.54, 1.807) is 29.2 Å². The number of nitrogens with two attached hydrogens (primary N) is 1. The van der Waals surface area contributed by atoms with Gasteiger partial charge in [-0.05, 0) is 43.5 Å². The van der Waals surface area contributed by atoms with Crippen molar-refractivity contribution in [1.29, 1.82) is 0 Å². The Hall–Kier alpha value is -1.59. The van der Waals surface area contributed by atoms with Crippen LogP contribution in [0.15, 0.2) is 24.3 Å². The molecule has 0 aromatic heterocycles. The van der Waals surface area contributed by atoms with Crippen LogP contribution in [0.5, 0.6) is 0 Å². The van der Waals surface area contributed by atoms with Crippen LogP contribution in [-0.4, -0.2) is 35.8 Å². The molecule has 5 nitrogen and oxygen atoms in total. The molecule has 0 aliphatic heterocycles. The highest BCUT2D eigenvalue weighted by atomic mass is 35.5. The van der Waals surface area contributed by atoms with E-state index < -0.39 is 6.04 Å². The van der Waals surface area contributed by atoms with Gasteiger partial charge in [-0.1, -0.05) is 20.8 Å². The largest absolute Gasteiger partial charge is 0.339 e. The Kier molecular flexibility index (Phi) is 8.28. The molecule has 3 N–H and O–H groups in total. The highest BCUT2D eigenvalue weighted by Crippen LogP contribution is 2.19. The third-order valence-electron chi connectivity index (χ3n) is 3.67. The van der Waals surface area contributed by atoms with Crippen LogP contribution in [0.2, 0.25) is 0 Å². The third kappa shape index (κ3) is 5.84. The average molecular weight is 342 g/mol. The van der Waals surface area contributed by atoms with Crippen molar-refractivity contribution in [2.24, 2.45) is 11.1 Å². The lowest BCUT2D eigenvalue weighted by atomic mass is 9.87. The highest BCUT2D eigenvalue weighted by Gasteiger charge is 2.27. The maximum atomic E-state index is 12.2. The average Bonchev–Trinajstić information content (AvgIpc) is 2.47. The summed E-state index contributed by atoms with van der Waals surface area (Å²) < 4.78 is 0. The predicted octanol–water partition coefficient (Wildman–Crippen LogP) is 2.90. The first-order valence-electron chi connectivity index (χ1n) is 7.66. The summed E-state index contributed by atoms with van der Waals surface area (Å²) in [6.07, 6.45) is 0. The van der Waals surface area contributed by atoms with Crippen molar-refractivity contribution < 1.29 is 9.59 Å². The molecular weight excluding hydrogens is 314 g/mol. The van der Waals surface area contributed by atoms with E-state index in [1.807, 2.05) is 34.6 Å². The van der Waals surface area contributed by atoms with Gasteiger partial charge in [-0.15, -0.1) is 12.4 Å². The van der Waals surface area contributed by atoms with E-state index in [2.05, 4.69) is 5.32 Å². The van der Waals surface area contributed by atoms with Crippen LogP contribution in [0.4, 0.5) is 5.69 Å². The fourth-order valence-electron chi connectivity index (χ4n) is 2.00. The van der Waals surface area contributed by atoms with Crippen LogP contribution >= 0.6 is 12.4 Å². The molecule has 0 radical (unpaired) electrons. The Balaban J connectivity index is 0.00000484. The van der Waals surface area contributed by atoms with Gasteiger partial charge in [0.15, 0.2) is 0 Å². The number of amides is 2. The second kappa shape index (κ2) is 8.89. The van der Waals surface area contributed by atoms with Gasteiger partial charge < -0.3 is 16.0 Å². The van der Waals surface area contributed by atoms with Crippen LogP contribution in [-0.2, 0) is 4.79 Å². The fourth-order valence-corrected chi connectivity index (χ4v) is 2.00. The molecule has 1 rings (SSSR count). The molecule has 0 spiro atoms. The first kappa shape index (κ1) is 21.4. The van der Waals surface area contributed by atoms with Crippen LogP contribution < -0.4 is 11.1 Å². The first-order chi connectivity index (χ1) is 10.2. The SMILES string of the molecule is CCN(CC)C(=O)c1ccc(NC(=O)[C@@H](N)C(C)(C)C)cc1.Cl. The molecule has 6 heteroatoms. The van der Waals surface area contributed by atoms with Crippen molar-refractivity contribution in [1.82, 2.24) is 4.90 Å². The lowest BCUT2D eigenvalue weighted by Crippen LogP contribution is -2.45. The minimum Gasteiger partial charge on any atom is -0.339 e. The number of halogens is 1. The summed E-state index contributed by atoms with van der Waals surface area (Å²) in [5.74, 6) is -0.232. The molecule has 0 saturated carbocycles. The smallest absolute Gasteiger partial charge is 0.253 e. The first-order valence-corrected chi connectivity index (χ1v) is 7.66. The van der Waals surface area contributed by atoms with Crippen molar-refractivity contribution >= 4 is 29.9 Å². The summed E-state index contributed by atoms with van der Waals surface area (Å²) in [6, 6.07) is 6.30. The quantitative estimate of drug-likeness (QED) is 0.864. The Morgan fingerprint density at radius 1 is 1.13 bits per heavy atom. The zero-order valence-corrected chi connectivity index (χ0v) is 15.4. The molecule has 0 saturated heterocycles. The summed E-state index contributed by atoms with van der Waals surface area (Å²) >= 11 is 0. The summed E-state index contributed by atoms with van der Waals surface area (Å²) in [7, 11) is 0. The summed E-state index contributed by atoms with van der Waals surface area (Å²) in [5, 5.41) is 2.78. The van der Waals surface area contributed by atoms with E-state index in [0.717, 1.165) is 0 Å². The second-order valence-corrected chi connectivity index (χ2v) is 6.39. The Labute approximate surface area is 145 Å². The minimum absolute atomic E-state index is 0. The number of carbonyl (C=O) groups excluding carboxylic acids is 2. The van der Waals surface area contributed by atoms with E-state index in [1.165, 1.54) is 0 Å².